The van der Waals surface area contributed by atoms with Gasteiger partial charge < -0.3 is 19.4 Å². The molecule has 1 atom stereocenters. The first-order valence-electron chi connectivity index (χ1n) is 8.70. The predicted molar refractivity (Wildman–Crippen MR) is 103 cm³/mol. The molecule has 1 amide bonds. The number of nitrogens with one attached hydrogen (secondary N) is 1. The molecule has 0 radical (unpaired) electrons. The molecule has 0 saturated carbocycles. The number of methoxy groups -OCH3 is 1. The number of nitro groups is 1. The molecular weight excluding hydrogens is 366 g/mol. The monoisotopic (exact) mass is 389 g/mol. The molecular formula is C19H23N3O6. The fourth-order valence-corrected chi connectivity index (χ4v) is 2.91. The summed E-state index contributed by atoms with van der Waals surface area (Å²) in [5.41, 5.74) is 2.00. The van der Waals surface area contributed by atoms with Crippen molar-refractivity contribution in [2.24, 2.45) is 0 Å². The highest BCUT2D eigenvalue weighted by atomic mass is 16.6. The summed E-state index contributed by atoms with van der Waals surface area (Å²) in [6.07, 6.45) is -1.11. The van der Waals surface area contributed by atoms with E-state index < -0.39 is 22.9 Å². The Kier molecular flexibility index (Phi) is 6.40. The normalized spacial score (nSPS) is 11.6. The Morgan fingerprint density at radius 1 is 1.29 bits per heavy atom. The second kappa shape index (κ2) is 8.55. The number of amides is 1. The van der Waals surface area contributed by atoms with Crippen LogP contribution in [0.2, 0.25) is 0 Å². The number of carbonyl (C=O) groups is 2. The number of esters is 1. The molecule has 0 saturated heterocycles. The average Bonchev–Trinajstić information content (AvgIpc) is 2.94. The number of aromatic nitrogens is 1. The van der Waals surface area contributed by atoms with Crippen molar-refractivity contribution in [2.45, 2.75) is 40.3 Å². The number of aryl methyl sites for hydroxylation is 1. The summed E-state index contributed by atoms with van der Waals surface area (Å²) in [6, 6.07) is 5.54. The zero-order valence-corrected chi connectivity index (χ0v) is 16.4. The number of non-ortho nitro benzene ring substituents is 1. The molecule has 1 aromatic carbocycles. The Morgan fingerprint density at radius 3 is 2.50 bits per heavy atom. The van der Waals surface area contributed by atoms with Gasteiger partial charge in [0.05, 0.1) is 23.3 Å². The number of hydrogen-bond donors (Lipinski definition) is 1. The van der Waals surface area contributed by atoms with Gasteiger partial charge in [0.25, 0.3) is 11.6 Å². The van der Waals surface area contributed by atoms with E-state index in [1.54, 1.807) is 6.07 Å². The minimum absolute atomic E-state index is 0.119. The van der Waals surface area contributed by atoms with E-state index in [0.29, 0.717) is 12.1 Å². The smallest absolute Gasteiger partial charge is 0.340 e. The number of rotatable bonds is 7. The third-order valence-electron chi connectivity index (χ3n) is 4.41. The zero-order chi connectivity index (χ0) is 21.0. The van der Waals surface area contributed by atoms with Gasteiger partial charge in [-0.3, -0.25) is 14.9 Å². The maximum atomic E-state index is 12.5. The van der Waals surface area contributed by atoms with E-state index in [9.17, 15) is 19.7 Å². The zero-order valence-electron chi connectivity index (χ0n) is 16.4. The topological polar surface area (TPSA) is 113 Å². The highest BCUT2D eigenvalue weighted by Gasteiger charge is 2.23. The molecule has 1 aromatic heterocycles. The standard InChI is InChI=1S/C19H23N3O6/c1-6-21-11(2)9-15(12(21)3)19(24)28-13(4)18(23)20-16-10-14(22(25)26)7-8-17(16)27-5/h7-10,13H,6H2,1-5H3,(H,20,23)/t13-/m1/s1. The van der Waals surface area contributed by atoms with Crippen LogP contribution in [0.1, 0.15) is 35.6 Å². The molecule has 2 rings (SSSR count). The highest BCUT2D eigenvalue weighted by Crippen LogP contribution is 2.29. The Morgan fingerprint density at radius 2 is 1.96 bits per heavy atom. The summed E-state index contributed by atoms with van der Waals surface area (Å²) in [5, 5.41) is 13.4. The highest BCUT2D eigenvalue weighted by molar-refractivity contribution is 5.98. The van der Waals surface area contributed by atoms with Gasteiger partial charge in [-0.1, -0.05) is 0 Å². The molecule has 0 aliphatic carbocycles. The molecule has 1 N–H and O–H groups in total. The summed E-state index contributed by atoms with van der Waals surface area (Å²) < 4.78 is 12.4. The lowest BCUT2D eigenvalue weighted by Crippen LogP contribution is -2.30. The molecule has 2 aromatic rings. The minimum Gasteiger partial charge on any atom is -0.495 e. The molecule has 0 aliphatic rings. The third-order valence-corrected chi connectivity index (χ3v) is 4.41. The number of benzene rings is 1. The number of anilines is 1. The van der Waals surface area contributed by atoms with Crippen LogP contribution in [-0.2, 0) is 16.1 Å². The summed E-state index contributed by atoms with van der Waals surface area (Å²) >= 11 is 0. The van der Waals surface area contributed by atoms with E-state index in [2.05, 4.69) is 5.32 Å². The van der Waals surface area contributed by atoms with Crippen LogP contribution in [0.4, 0.5) is 11.4 Å². The molecule has 150 valence electrons. The van der Waals surface area contributed by atoms with E-state index in [1.165, 1.54) is 32.2 Å². The fraction of sp³-hybridized carbons (Fsp3) is 0.368. The Hall–Kier alpha value is -3.36. The molecule has 0 unspecified atom stereocenters. The van der Waals surface area contributed by atoms with Crippen LogP contribution in [-0.4, -0.2) is 34.6 Å². The number of nitro benzene ring substituents is 1. The molecule has 1 heterocycles. The molecule has 9 heteroatoms. The van der Waals surface area contributed by atoms with Crippen LogP contribution in [0.3, 0.4) is 0 Å². The molecule has 0 bridgehead atoms. The minimum atomic E-state index is -1.11. The summed E-state index contributed by atoms with van der Waals surface area (Å²) in [5.74, 6) is -0.984. The Bertz CT molecular complexity index is 919. The van der Waals surface area contributed by atoms with Gasteiger partial charge in [0.15, 0.2) is 6.10 Å². The van der Waals surface area contributed by atoms with Crippen molar-refractivity contribution in [2.75, 3.05) is 12.4 Å². The van der Waals surface area contributed by atoms with Gasteiger partial charge in [0.2, 0.25) is 0 Å². The van der Waals surface area contributed by atoms with Crippen molar-refractivity contribution in [1.82, 2.24) is 4.57 Å². The van der Waals surface area contributed by atoms with Gasteiger partial charge in [-0.2, -0.15) is 0 Å². The molecule has 0 fully saturated rings. The van der Waals surface area contributed by atoms with E-state index in [1.807, 2.05) is 25.3 Å². The molecule has 28 heavy (non-hydrogen) atoms. The third kappa shape index (κ3) is 4.30. The predicted octanol–water partition coefficient (Wildman–Crippen LogP) is 3.23. The summed E-state index contributed by atoms with van der Waals surface area (Å²) in [6.45, 7) is 7.81. The van der Waals surface area contributed by atoms with Crippen LogP contribution < -0.4 is 10.1 Å². The second-order valence-electron chi connectivity index (χ2n) is 6.21. The van der Waals surface area contributed by atoms with Gasteiger partial charge in [-0.05, 0) is 39.8 Å². The quantitative estimate of drug-likeness (QED) is 0.442. The van der Waals surface area contributed by atoms with Crippen molar-refractivity contribution in [3.8, 4) is 5.75 Å². The van der Waals surface area contributed by atoms with Crippen LogP contribution >= 0.6 is 0 Å². The SMILES string of the molecule is CCn1c(C)cc(C(=O)O[C@H](C)C(=O)Nc2cc([N+](=O)[O-])ccc2OC)c1C. The van der Waals surface area contributed by atoms with Crippen molar-refractivity contribution in [3.63, 3.8) is 0 Å². The second-order valence-corrected chi connectivity index (χ2v) is 6.21. The van der Waals surface area contributed by atoms with Crippen LogP contribution in [0.25, 0.3) is 0 Å². The molecule has 0 aliphatic heterocycles. The number of ether oxygens (including phenoxy) is 2. The van der Waals surface area contributed by atoms with E-state index in [-0.39, 0.29) is 17.1 Å². The largest absolute Gasteiger partial charge is 0.495 e. The van der Waals surface area contributed by atoms with E-state index in [4.69, 9.17) is 9.47 Å². The number of carbonyl (C=O) groups excluding carboxylic acids is 2. The van der Waals surface area contributed by atoms with Crippen molar-refractivity contribution >= 4 is 23.3 Å². The first-order valence-corrected chi connectivity index (χ1v) is 8.70. The fourth-order valence-electron chi connectivity index (χ4n) is 2.91. The lowest BCUT2D eigenvalue weighted by atomic mass is 10.2. The maximum absolute atomic E-state index is 12.5. The van der Waals surface area contributed by atoms with Gasteiger partial charge in [-0.25, -0.2) is 4.79 Å². The number of hydrogen-bond acceptors (Lipinski definition) is 6. The van der Waals surface area contributed by atoms with Crippen LogP contribution in [0.5, 0.6) is 5.75 Å². The van der Waals surface area contributed by atoms with Crippen LogP contribution in [0, 0.1) is 24.0 Å². The lowest BCUT2D eigenvalue weighted by Gasteiger charge is -2.15. The average molecular weight is 389 g/mol. The Labute approximate surface area is 162 Å². The van der Waals surface area contributed by atoms with Crippen molar-refractivity contribution in [1.29, 1.82) is 0 Å². The molecule has 0 spiro atoms. The van der Waals surface area contributed by atoms with Crippen molar-refractivity contribution in [3.05, 3.63) is 51.3 Å². The maximum Gasteiger partial charge on any atom is 0.340 e. The Balaban J connectivity index is 2.14. The van der Waals surface area contributed by atoms with E-state index in [0.717, 1.165) is 11.4 Å². The lowest BCUT2D eigenvalue weighted by molar-refractivity contribution is -0.384. The summed E-state index contributed by atoms with van der Waals surface area (Å²) in [7, 11) is 1.38. The summed E-state index contributed by atoms with van der Waals surface area (Å²) in [4.78, 5) is 35.2. The van der Waals surface area contributed by atoms with Gasteiger partial charge in [0.1, 0.15) is 5.75 Å². The van der Waals surface area contributed by atoms with Crippen molar-refractivity contribution < 1.29 is 24.0 Å². The van der Waals surface area contributed by atoms with Gasteiger partial charge in [-0.15, -0.1) is 0 Å². The van der Waals surface area contributed by atoms with Gasteiger partial charge in [0, 0.05) is 30.1 Å². The number of nitrogens with zero attached hydrogens (tertiary/aromatic N) is 2. The van der Waals surface area contributed by atoms with E-state index >= 15 is 0 Å². The first kappa shape index (κ1) is 20.9. The van der Waals surface area contributed by atoms with Crippen LogP contribution in [0.15, 0.2) is 24.3 Å². The molecule has 9 nitrogen and oxygen atoms in total. The first-order chi connectivity index (χ1) is 13.2. The van der Waals surface area contributed by atoms with Gasteiger partial charge >= 0.3 is 5.97 Å².